The number of carbonyl (C=O) groups is 2. The minimum atomic E-state index is -0.649. The van der Waals surface area contributed by atoms with E-state index in [-0.39, 0.29) is 31.0 Å². The van der Waals surface area contributed by atoms with Gasteiger partial charge in [-0.05, 0) is 55.7 Å². The van der Waals surface area contributed by atoms with Gasteiger partial charge in [-0.25, -0.2) is 0 Å². The van der Waals surface area contributed by atoms with Crippen LogP contribution in [0.3, 0.4) is 0 Å². The monoisotopic (exact) mass is 540 g/mol. The number of rotatable bonds is 9. The highest BCUT2D eigenvalue weighted by Gasteiger charge is 2.31. The van der Waals surface area contributed by atoms with Crippen molar-refractivity contribution in [3.05, 3.63) is 62.5 Å². The van der Waals surface area contributed by atoms with Crippen LogP contribution in [0.2, 0.25) is 10.0 Å². The average molecular weight is 542 g/mol. The molecule has 1 atom stereocenters. The smallest absolute Gasteiger partial charge is 0.261 e. The summed E-state index contributed by atoms with van der Waals surface area (Å²) in [6.07, 6.45) is 4.63. The van der Waals surface area contributed by atoms with Crippen LogP contribution in [-0.2, 0) is 16.1 Å². The highest BCUT2D eigenvalue weighted by Crippen LogP contribution is 2.27. The molecule has 0 spiro atoms. The third kappa shape index (κ3) is 6.63. The van der Waals surface area contributed by atoms with E-state index in [9.17, 15) is 9.59 Å². The number of hydrogen-bond donors (Lipinski definition) is 1. The van der Waals surface area contributed by atoms with Gasteiger partial charge in [0, 0.05) is 32.7 Å². The van der Waals surface area contributed by atoms with Crippen LogP contribution >= 0.6 is 39.1 Å². The summed E-state index contributed by atoms with van der Waals surface area (Å²) in [5, 5.41) is 4.02. The van der Waals surface area contributed by atoms with E-state index in [1.807, 2.05) is 19.1 Å². The SMILES string of the molecule is CC[C@H](C(=O)NC1CCCC1)N(Cc1c(Cl)cccc1Cl)C(=O)COc1ccc(Br)cc1. The van der Waals surface area contributed by atoms with Gasteiger partial charge in [-0.1, -0.05) is 65.0 Å². The topological polar surface area (TPSA) is 58.6 Å². The average Bonchev–Trinajstić information content (AvgIpc) is 3.28. The lowest BCUT2D eigenvalue weighted by molar-refractivity contribution is -0.143. The zero-order valence-electron chi connectivity index (χ0n) is 18.0. The van der Waals surface area contributed by atoms with E-state index in [0.29, 0.717) is 27.8 Å². The first kappa shape index (κ1) is 24.9. The summed E-state index contributed by atoms with van der Waals surface area (Å²) >= 11 is 16.1. The first-order valence-corrected chi connectivity index (χ1v) is 12.3. The molecule has 1 N–H and O–H groups in total. The Hall–Kier alpha value is -1.76. The molecule has 2 aromatic carbocycles. The van der Waals surface area contributed by atoms with Crippen molar-refractivity contribution in [1.82, 2.24) is 10.2 Å². The van der Waals surface area contributed by atoms with Gasteiger partial charge in [0.05, 0.1) is 0 Å². The van der Waals surface area contributed by atoms with E-state index >= 15 is 0 Å². The molecule has 172 valence electrons. The summed E-state index contributed by atoms with van der Waals surface area (Å²) < 4.78 is 6.62. The number of nitrogens with one attached hydrogen (secondary N) is 1. The van der Waals surface area contributed by atoms with E-state index in [4.69, 9.17) is 27.9 Å². The first-order valence-electron chi connectivity index (χ1n) is 10.8. The standard InChI is InChI=1S/C24H27BrCl2N2O3/c1-2-22(24(31)28-17-6-3-4-7-17)29(14-19-20(26)8-5-9-21(19)27)23(30)15-32-18-12-10-16(25)11-13-18/h5,8-13,17,22H,2-4,6-7,14-15H2,1H3,(H,28,31)/t22-/m1/s1. The zero-order valence-corrected chi connectivity index (χ0v) is 21.0. The van der Waals surface area contributed by atoms with Gasteiger partial charge in [-0.3, -0.25) is 9.59 Å². The van der Waals surface area contributed by atoms with E-state index < -0.39 is 6.04 Å². The van der Waals surface area contributed by atoms with Gasteiger partial charge >= 0.3 is 0 Å². The second kappa shape index (κ2) is 11.9. The molecule has 1 aliphatic carbocycles. The highest BCUT2D eigenvalue weighted by atomic mass is 79.9. The van der Waals surface area contributed by atoms with Crippen LogP contribution in [0.4, 0.5) is 0 Å². The molecule has 5 nitrogen and oxygen atoms in total. The Morgan fingerprint density at radius 1 is 1.12 bits per heavy atom. The summed E-state index contributed by atoms with van der Waals surface area (Å²) in [7, 11) is 0. The predicted octanol–water partition coefficient (Wildman–Crippen LogP) is 6.00. The van der Waals surface area contributed by atoms with Crippen molar-refractivity contribution < 1.29 is 14.3 Å². The third-order valence-corrected chi connectivity index (χ3v) is 6.89. The fourth-order valence-corrected chi connectivity index (χ4v) is 4.68. The summed E-state index contributed by atoms with van der Waals surface area (Å²) in [6.45, 7) is 1.82. The van der Waals surface area contributed by atoms with Crippen LogP contribution in [0.25, 0.3) is 0 Å². The Morgan fingerprint density at radius 2 is 1.75 bits per heavy atom. The maximum absolute atomic E-state index is 13.3. The fraction of sp³-hybridized carbons (Fsp3) is 0.417. The van der Waals surface area contributed by atoms with Gasteiger partial charge in [-0.15, -0.1) is 0 Å². The Labute approximate surface area is 207 Å². The maximum atomic E-state index is 13.3. The largest absolute Gasteiger partial charge is 0.484 e. The minimum absolute atomic E-state index is 0.123. The van der Waals surface area contributed by atoms with Crippen LogP contribution in [0.5, 0.6) is 5.75 Å². The van der Waals surface area contributed by atoms with Gasteiger partial charge in [0.2, 0.25) is 5.91 Å². The lowest BCUT2D eigenvalue weighted by Crippen LogP contribution is -2.52. The molecule has 8 heteroatoms. The molecule has 0 aromatic heterocycles. The van der Waals surface area contributed by atoms with E-state index in [1.165, 1.54) is 4.90 Å². The van der Waals surface area contributed by atoms with Gasteiger partial charge in [-0.2, -0.15) is 0 Å². The van der Waals surface area contributed by atoms with Gasteiger partial charge in [0.15, 0.2) is 6.61 Å². The molecule has 0 bridgehead atoms. The second-order valence-electron chi connectivity index (χ2n) is 7.88. The zero-order chi connectivity index (χ0) is 23.1. The molecule has 0 radical (unpaired) electrons. The minimum Gasteiger partial charge on any atom is -0.484 e. The normalized spacial score (nSPS) is 14.8. The molecule has 1 fully saturated rings. The summed E-state index contributed by atoms with van der Waals surface area (Å²) in [5.74, 6) is 0.109. The van der Waals surface area contributed by atoms with Gasteiger partial charge < -0.3 is 15.0 Å². The van der Waals surface area contributed by atoms with Crippen molar-refractivity contribution in [3.8, 4) is 5.75 Å². The summed E-state index contributed by atoms with van der Waals surface area (Å²) in [4.78, 5) is 27.9. The number of benzene rings is 2. The van der Waals surface area contributed by atoms with Gasteiger partial charge in [0.1, 0.15) is 11.8 Å². The lowest BCUT2D eigenvalue weighted by Gasteiger charge is -2.32. The predicted molar refractivity (Wildman–Crippen MR) is 131 cm³/mol. The second-order valence-corrected chi connectivity index (χ2v) is 9.61. The van der Waals surface area contributed by atoms with E-state index in [2.05, 4.69) is 21.2 Å². The Kier molecular flexibility index (Phi) is 9.26. The molecule has 1 aliphatic rings. The van der Waals surface area contributed by atoms with Crippen molar-refractivity contribution in [1.29, 1.82) is 0 Å². The molecular weight excluding hydrogens is 515 g/mol. The Morgan fingerprint density at radius 3 is 2.34 bits per heavy atom. The number of amides is 2. The van der Waals surface area contributed by atoms with E-state index in [1.54, 1.807) is 30.3 Å². The van der Waals surface area contributed by atoms with Gasteiger partial charge in [0.25, 0.3) is 5.91 Å². The molecule has 0 unspecified atom stereocenters. The van der Waals surface area contributed by atoms with Crippen molar-refractivity contribution in [2.24, 2.45) is 0 Å². The highest BCUT2D eigenvalue weighted by molar-refractivity contribution is 9.10. The van der Waals surface area contributed by atoms with Crippen molar-refractivity contribution in [3.63, 3.8) is 0 Å². The van der Waals surface area contributed by atoms with Crippen LogP contribution in [0, 0.1) is 0 Å². The molecule has 3 rings (SSSR count). The molecule has 0 heterocycles. The van der Waals surface area contributed by atoms with Crippen molar-refractivity contribution in [2.45, 2.75) is 57.7 Å². The molecule has 2 amide bonds. The number of nitrogens with zero attached hydrogens (tertiary/aromatic N) is 1. The number of carbonyl (C=O) groups excluding carboxylic acids is 2. The summed E-state index contributed by atoms with van der Waals surface area (Å²) in [6, 6.07) is 11.9. The number of ether oxygens (including phenoxy) is 1. The quantitative estimate of drug-likeness (QED) is 0.423. The molecular formula is C24H27BrCl2N2O3. The molecule has 2 aromatic rings. The number of halogens is 3. The first-order chi connectivity index (χ1) is 15.4. The van der Waals surface area contributed by atoms with Crippen molar-refractivity contribution in [2.75, 3.05) is 6.61 Å². The maximum Gasteiger partial charge on any atom is 0.261 e. The lowest BCUT2D eigenvalue weighted by atomic mass is 10.1. The molecule has 0 saturated heterocycles. The van der Waals surface area contributed by atoms with Crippen molar-refractivity contribution >= 4 is 50.9 Å². The Balaban J connectivity index is 1.80. The fourth-order valence-electron chi connectivity index (χ4n) is 3.90. The third-order valence-electron chi connectivity index (χ3n) is 5.65. The van der Waals surface area contributed by atoms with E-state index in [0.717, 1.165) is 30.2 Å². The summed E-state index contributed by atoms with van der Waals surface area (Å²) in [5.41, 5.74) is 0.611. The van der Waals surface area contributed by atoms with Crippen LogP contribution in [-0.4, -0.2) is 35.4 Å². The van der Waals surface area contributed by atoms with Crippen LogP contribution in [0.15, 0.2) is 46.9 Å². The Bertz CT molecular complexity index is 913. The molecule has 0 aliphatic heterocycles. The number of hydrogen-bond acceptors (Lipinski definition) is 3. The van der Waals surface area contributed by atoms with Crippen LogP contribution < -0.4 is 10.1 Å². The molecule has 32 heavy (non-hydrogen) atoms. The molecule has 1 saturated carbocycles. The van der Waals surface area contributed by atoms with Crippen LogP contribution in [0.1, 0.15) is 44.6 Å².